The number of nitrogens with one attached hydrogen (secondary N) is 1. The number of rotatable bonds is 3. The van der Waals surface area contributed by atoms with Crippen LogP contribution in [-0.2, 0) is 4.79 Å². The topological polar surface area (TPSA) is 69.6 Å². The number of amides is 2. The number of carboxylic acids is 1. The first kappa shape index (κ1) is 16.1. The normalized spacial score (nSPS) is 33.5. The molecule has 2 rings (SSSR count). The van der Waals surface area contributed by atoms with Gasteiger partial charge in [0.2, 0.25) is 0 Å². The van der Waals surface area contributed by atoms with E-state index in [1.807, 2.05) is 0 Å². The predicted octanol–water partition coefficient (Wildman–Crippen LogP) is 2.85. The van der Waals surface area contributed by atoms with E-state index in [9.17, 15) is 9.59 Å². The molecule has 0 radical (unpaired) electrons. The lowest BCUT2D eigenvalue weighted by atomic mass is 9.78. The molecule has 4 atom stereocenters. The quantitative estimate of drug-likeness (QED) is 0.841. The van der Waals surface area contributed by atoms with E-state index in [-0.39, 0.29) is 24.5 Å². The molecule has 0 aromatic rings. The number of carbonyl (C=O) groups excluding carboxylic acids is 1. The highest BCUT2D eigenvalue weighted by atomic mass is 16.4. The fourth-order valence-electron chi connectivity index (χ4n) is 3.71. The van der Waals surface area contributed by atoms with Crippen molar-refractivity contribution >= 4 is 12.0 Å². The predicted molar refractivity (Wildman–Crippen MR) is 81.1 cm³/mol. The Morgan fingerprint density at radius 2 is 1.90 bits per heavy atom. The monoisotopic (exact) mass is 296 g/mol. The van der Waals surface area contributed by atoms with Crippen molar-refractivity contribution < 1.29 is 14.7 Å². The van der Waals surface area contributed by atoms with Gasteiger partial charge in [0.1, 0.15) is 0 Å². The number of piperidine rings is 1. The minimum Gasteiger partial charge on any atom is -0.481 e. The largest absolute Gasteiger partial charge is 0.481 e. The average molecular weight is 296 g/mol. The van der Waals surface area contributed by atoms with Crippen LogP contribution < -0.4 is 5.32 Å². The van der Waals surface area contributed by atoms with Gasteiger partial charge in [-0.1, -0.05) is 26.7 Å². The molecule has 4 unspecified atom stereocenters. The molecule has 0 bridgehead atoms. The molecule has 0 aromatic heterocycles. The smallest absolute Gasteiger partial charge is 0.317 e. The number of carboxylic acid groups (broad SMARTS) is 1. The van der Waals surface area contributed by atoms with Gasteiger partial charge in [-0.25, -0.2) is 4.79 Å². The third-order valence-corrected chi connectivity index (χ3v) is 5.31. The maximum Gasteiger partial charge on any atom is 0.317 e. The first-order valence-corrected chi connectivity index (χ1v) is 8.28. The number of urea groups is 1. The number of carbonyl (C=O) groups is 2. The van der Waals surface area contributed by atoms with Crippen molar-refractivity contribution in [2.45, 2.75) is 70.9 Å². The SMILES string of the molecule is CC1CCCC(NC(=O)N2CCCCC2CC(=O)O)C1C. The zero-order valence-corrected chi connectivity index (χ0v) is 13.2. The summed E-state index contributed by atoms with van der Waals surface area (Å²) in [4.78, 5) is 25.2. The molecule has 1 heterocycles. The second kappa shape index (κ2) is 7.14. The fraction of sp³-hybridized carbons (Fsp3) is 0.875. The van der Waals surface area contributed by atoms with E-state index < -0.39 is 5.97 Å². The molecule has 1 saturated heterocycles. The maximum atomic E-state index is 12.5. The van der Waals surface area contributed by atoms with E-state index in [0.717, 1.165) is 32.1 Å². The molecule has 2 aliphatic rings. The lowest BCUT2D eigenvalue weighted by molar-refractivity contribution is -0.138. The van der Waals surface area contributed by atoms with Gasteiger partial charge in [0, 0.05) is 18.6 Å². The Kier molecular flexibility index (Phi) is 5.48. The molecule has 1 saturated carbocycles. The van der Waals surface area contributed by atoms with Crippen LogP contribution in [0.25, 0.3) is 0 Å². The van der Waals surface area contributed by atoms with E-state index >= 15 is 0 Å². The lowest BCUT2D eigenvalue weighted by Crippen LogP contribution is -2.54. The van der Waals surface area contributed by atoms with Crippen LogP contribution in [0.2, 0.25) is 0 Å². The Hall–Kier alpha value is -1.26. The summed E-state index contributed by atoms with van der Waals surface area (Å²) in [6.07, 6.45) is 6.28. The highest BCUT2D eigenvalue weighted by Gasteiger charge is 2.33. The Labute approximate surface area is 127 Å². The molecule has 2 fully saturated rings. The van der Waals surface area contributed by atoms with Crippen molar-refractivity contribution in [1.82, 2.24) is 10.2 Å². The molecule has 0 spiro atoms. The Balaban J connectivity index is 1.95. The van der Waals surface area contributed by atoms with Crippen LogP contribution in [0.3, 0.4) is 0 Å². The van der Waals surface area contributed by atoms with Crippen LogP contribution in [0.1, 0.15) is 58.8 Å². The molecular formula is C16H28N2O3. The number of likely N-dealkylation sites (tertiary alicyclic amines) is 1. The summed E-state index contributed by atoms with van der Waals surface area (Å²) in [6, 6.07) is 0.0214. The number of hydrogen-bond acceptors (Lipinski definition) is 2. The van der Waals surface area contributed by atoms with Crippen LogP contribution in [0.4, 0.5) is 4.79 Å². The molecule has 0 aromatic carbocycles. The number of hydrogen-bond donors (Lipinski definition) is 2. The third-order valence-electron chi connectivity index (χ3n) is 5.31. The van der Waals surface area contributed by atoms with Gasteiger partial charge < -0.3 is 15.3 Å². The minimum absolute atomic E-state index is 0.0596. The van der Waals surface area contributed by atoms with Gasteiger partial charge in [0.15, 0.2) is 0 Å². The summed E-state index contributed by atoms with van der Waals surface area (Å²) in [7, 11) is 0. The van der Waals surface area contributed by atoms with E-state index in [2.05, 4.69) is 19.2 Å². The number of nitrogens with zero attached hydrogens (tertiary/aromatic N) is 1. The van der Waals surface area contributed by atoms with E-state index in [1.54, 1.807) is 4.90 Å². The molecule has 1 aliphatic carbocycles. The van der Waals surface area contributed by atoms with Crippen LogP contribution in [-0.4, -0.2) is 40.6 Å². The average Bonchev–Trinajstić information content (AvgIpc) is 2.44. The third kappa shape index (κ3) is 4.11. The summed E-state index contributed by atoms with van der Waals surface area (Å²) < 4.78 is 0. The van der Waals surface area contributed by atoms with Crippen molar-refractivity contribution in [2.75, 3.05) is 6.54 Å². The maximum absolute atomic E-state index is 12.5. The summed E-state index contributed by atoms with van der Waals surface area (Å²) in [5, 5.41) is 12.2. The van der Waals surface area contributed by atoms with E-state index in [0.29, 0.717) is 18.4 Å². The second-order valence-electron chi connectivity index (χ2n) is 6.76. The molecule has 120 valence electrons. The molecule has 21 heavy (non-hydrogen) atoms. The first-order valence-electron chi connectivity index (χ1n) is 8.28. The van der Waals surface area contributed by atoms with Gasteiger partial charge in [-0.15, -0.1) is 0 Å². The Bertz CT molecular complexity index is 386. The van der Waals surface area contributed by atoms with Crippen LogP contribution >= 0.6 is 0 Å². The zero-order valence-electron chi connectivity index (χ0n) is 13.2. The van der Waals surface area contributed by atoms with Crippen molar-refractivity contribution in [1.29, 1.82) is 0 Å². The van der Waals surface area contributed by atoms with Gasteiger partial charge in [-0.2, -0.15) is 0 Å². The Morgan fingerprint density at radius 3 is 2.62 bits per heavy atom. The highest BCUT2D eigenvalue weighted by molar-refractivity contribution is 5.76. The molecule has 5 heteroatoms. The first-order chi connectivity index (χ1) is 9.99. The molecule has 5 nitrogen and oxygen atoms in total. The molecule has 2 N–H and O–H groups in total. The van der Waals surface area contributed by atoms with Crippen molar-refractivity contribution in [2.24, 2.45) is 11.8 Å². The van der Waals surface area contributed by atoms with E-state index in [1.165, 1.54) is 6.42 Å². The van der Waals surface area contributed by atoms with Gasteiger partial charge >= 0.3 is 12.0 Å². The molecule has 1 aliphatic heterocycles. The van der Waals surface area contributed by atoms with Gasteiger partial charge in [0.05, 0.1) is 6.42 Å². The van der Waals surface area contributed by atoms with Crippen molar-refractivity contribution in [3.8, 4) is 0 Å². The van der Waals surface area contributed by atoms with Crippen molar-refractivity contribution in [3.63, 3.8) is 0 Å². The zero-order chi connectivity index (χ0) is 15.4. The van der Waals surface area contributed by atoms with Gasteiger partial charge in [-0.05, 0) is 37.5 Å². The van der Waals surface area contributed by atoms with Crippen LogP contribution in [0, 0.1) is 11.8 Å². The van der Waals surface area contributed by atoms with Crippen molar-refractivity contribution in [3.05, 3.63) is 0 Å². The molecule has 2 amide bonds. The summed E-state index contributed by atoms with van der Waals surface area (Å²) >= 11 is 0. The molecular weight excluding hydrogens is 268 g/mol. The number of aliphatic carboxylic acids is 1. The second-order valence-corrected chi connectivity index (χ2v) is 6.76. The summed E-state index contributed by atoms with van der Waals surface area (Å²) in [5.41, 5.74) is 0. The van der Waals surface area contributed by atoms with Gasteiger partial charge in [0.25, 0.3) is 0 Å². The summed E-state index contributed by atoms with van der Waals surface area (Å²) in [5.74, 6) is 0.310. The van der Waals surface area contributed by atoms with Crippen LogP contribution in [0.5, 0.6) is 0 Å². The fourth-order valence-corrected chi connectivity index (χ4v) is 3.71. The van der Waals surface area contributed by atoms with Crippen LogP contribution in [0.15, 0.2) is 0 Å². The highest BCUT2D eigenvalue weighted by Crippen LogP contribution is 2.30. The minimum atomic E-state index is -0.820. The summed E-state index contributed by atoms with van der Waals surface area (Å²) in [6.45, 7) is 5.14. The standard InChI is InChI=1S/C16H28N2O3/c1-11-6-5-8-14(12(11)2)17-16(21)18-9-4-3-7-13(18)10-15(19)20/h11-14H,3-10H2,1-2H3,(H,17,21)(H,19,20). The van der Waals surface area contributed by atoms with Gasteiger partial charge in [-0.3, -0.25) is 4.79 Å². The lowest BCUT2D eigenvalue weighted by Gasteiger charge is -2.39. The van der Waals surface area contributed by atoms with E-state index in [4.69, 9.17) is 5.11 Å². The Morgan fingerprint density at radius 1 is 1.14 bits per heavy atom.